The van der Waals surface area contributed by atoms with Crippen LogP contribution in [0.4, 0.5) is 4.79 Å². The summed E-state index contributed by atoms with van der Waals surface area (Å²) in [7, 11) is 0. The standard InChI is InChI=1S/C16H30N2O2/c1-4-13-8-6-7-9-15(13)17-16(19)18-10-12(3)20-14(5-2)11-18/h12-15H,4-11H2,1-3H3,(H,17,19)/t12-,13-,14-,15-/m1/s1. The zero-order valence-electron chi connectivity index (χ0n) is 13.2. The fourth-order valence-corrected chi connectivity index (χ4v) is 3.57. The minimum atomic E-state index is 0.115. The topological polar surface area (TPSA) is 41.6 Å². The molecule has 1 heterocycles. The van der Waals surface area contributed by atoms with E-state index in [9.17, 15) is 4.79 Å². The Balaban J connectivity index is 1.89. The van der Waals surface area contributed by atoms with Crippen LogP contribution in [-0.2, 0) is 4.74 Å². The van der Waals surface area contributed by atoms with Crippen LogP contribution >= 0.6 is 0 Å². The minimum absolute atomic E-state index is 0.115. The van der Waals surface area contributed by atoms with Gasteiger partial charge in [-0.25, -0.2) is 4.79 Å². The number of ether oxygens (including phenoxy) is 1. The third-order valence-corrected chi connectivity index (χ3v) is 4.81. The number of nitrogens with one attached hydrogen (secondary N) is 1. The molecule has 2 aliphatic rings. The number of amides is 2. The van der Waals surface area contributed by atoms with Gasteiger partial charge in [0.25, 0.3) is 0 Å². The van der Waals surface area contributed by atoms with E-state index < -0.39 is 0 Å². The van der Waals surface area contributed by atoms with E-state index in [0.717, 1.165) is 19.4 Å². The number of carbonyl (C=O) groups is 1. The van der Waals surface area contributed by atoms with Crippen molar-refractivity contribution in [2.45, 2.75) is 77.5 Å². The average Bonchev–Trinajstić information content (AvgIpc) is 2.47. The predicted octanol–water partition coefficient (Wildman–Crippen LogP) is 3.16. The number of hydrogen-bond donors (Lipinski definition) is 1. The molecule has 2 fully saturated rings. The molecule has 0 aromatic rings. The summed E-state index contributed by atoms with van der Waals surface area (Å²) < 4.78 is 5.83. The van der Waals surface area contributed by atoms with E-state index in [1.807, 2.05) is 4.90 Å². The van der Waals surface area contributed by atoms with Gasteiger partial charge in [-0.1, -0.05) is 33.1 Å². The van der Waals surface area contributed by atoms with Crippen molar-refractivity contribution in [2.24, 2.45) is 5.92 Å². The van der Waals surface area contributed by atoms with Crippen LogP contribution < -0.4 is 5.32 Å². The highest BCUT2D eigenvalue weighted by molar-refractivity contribution is 5.74. The van der Waals surface area contributed by atoms with Crippen molar-refractivity contribution in [1.29, 1.82) is 0 Å². The van der Waals surface area contributed by atoms with Gasteiger partial charge in [0.2, 0.25) is 0 Å². The SMILES string of the molecule is CC[C@@H]1CN(C(=O)N[C@@H]2CCCC[C@H]2CC)C[C@@H](C)O1. The molecule has 20 heavy (non-hydrogen) atoms. The maximum absolute atomic E-state index is 12.5. The molecule has 0 spiro atoms. The molecule has 4 heteroatoms. The quantitative estimate of drug-likeness (QED) is 0.864. The monoisotopic (exact) mass is 282 g/mol. The second kappa shape index (κ2) is 7.30. The van der Waals surface area contributed by atoms with E-state index in [0.29, 0.717) is 18.5 Å². The first-order chi connectivity index (χ1) is 9.63. The Kier molecular flexibility index (Phi) is 5.70. The summed E-state index contributed by atoms with van der Waals surface area (Å²) >= 11 is 0. The summed E-state index contributed by atoms with van der Waals surface area (Å²) in [4.78, 5) is 14.4. The molecule has 0 aromatic carbocycles. The largest absolute Gasteiger partial charge is 0.372 e. The van der Waals surface area contributed by atoms with Crippen molar-refractivity contribution in [3.63, 3.8) is 0 Å². The molecule has 1 aliphatic carbocycles. The summed E-state index contributed by atoms with van der Waals surface area (Å²) in [6.07, 6.45) is 7.44. The summed E-state index contributed by atoms with van der Waals surface area (Å²) in [6, 6.07) is 0.489. The van der Waals surface area contributed by atoms with E-state index in [2.05, 4.69) is 26.1 Å². The molecule has 4 nitrogen and oxygen atoms in total. The molecule has 1 saturated heterocycles. The molecule has 0 unspecified atom stereocenters. The lowest BCUT2D eigenvalue weighted by Crippen LogP contribution is -2.55. The molecule has 1 N–H and O–H groups in total. The van der Waals surface area contributed by atoms with Crippen LogP contribution in [0.5, 0.6) is 0 Å². The predicted molar refractivity (Wildman–Crippen MR) is 80.8 cm³/mol. The number of nitrogens with zero attached hydrogens (tertiary/aromatic N) is 1. The van der Waals surface area contributed by atoms with Crippen LogP contribution in [0.1, 0.15) is 59.3 Å². The molecular weight excluding hydrogens is 252 g/mol. The van der Waals surface area contributed by atoms with Gasteiger partial charge in [-0.05, 0) is 32.1 Å². The molecule has 2 amide bonds. The number of urea groups is 1. The van der Waals surface area contributed by atoms with Crippen LogP contribution in [-0.4, -0.2) is 42.3 Å². The highest BCUT2D eigenvalue weighted by atomic mass is 16.5. The first kappa shape index (κ1) is 15.6. The van der Waals surface area contributed by atoms with E-state index >= 15 is 0 Å². The van der Waals surface area contributed by atoms with Crippen molar-refractivity contribution < 1.29 is 9.53 Å². The number of hydrogen-bond acceptors (Lipinski definition) is 2. The Bertz CT molecular complexity index is 322. The fraction of sp³-hybridized carbons (Fsp3) is 0.938. The molecule has 2 rings (SSSR count). The maximum atomic E-state index is 12.5. The van der Waals surface area contributed by atoms with Crippen LogP contribution in [0.3, 0.4) is 0 Å². The zero-order chi connectivity index (χ0) is 14.5. The minimum Gasteiger partial charge on any atom is -0.372 e. The Labute approximate surface area is 123 Å². The summed E-state index contributed by atoms with van der Waals surface area (Å²) in [6.45, 7) is 7.85. The number of rotatable bonds is 3. The second-order valence-electron chi connectivity index (χ2n) is 6.39. The molecule has 4 atom stereocenters. The van der Waals surface area contributed by atoms with Crippen LogP contribution in [0.15, 0.2) is 0 Å². The lowest BCUT2D eigenvalue weighted by Gasteiger charge is -2.39. The van der Waals surface area contributed by atoms with Gasteiger partial charge in [0.05, 0.1) is 12.2 Å². The van der Waals surface area contributed by atoms with Gasteiger partial charge in [0.1, 0.15) is 0 Å². The van der Waals surface area contributed by atoms with Crippen LogP contribution in [0.2, 0.25) is 0 Å². The van der Waals surface area contributed by atoms with Gasteiger partial charge in [0.15, 0.2) is 0 Å². The van der Waals surface area contributed by atoms with Gasteiger partial charge in [-0.2, -0.15) is 0 Å². The molecular formula is C16H30N2O2. The van der Waals surface area contributed by atoms with Crippen molar-refractivity contribution in [3.8, 4) is 0 Å². The van der Waals surface area contributed by atoms with Gasteiger partial charge in [0, 0.05) is 19.1 Å². The molecule has 0 aromatic heterocycles. The Morgan fingerprint density at radius 3 is 2.65 bits per heavy atom. The van der Waals surface area contributed by atoms with Gasteiger partial charge in [-0.15, -0.1) is 0 Å². The first-order valence-electron chi connectivity index (χ1n) is 8.34. The second-order valence-corrected chi connectivity index (χ2v) is 6.39. The normalized spacial score (nSPS) is 34.9. The fourth-order valence-electron chi connectivity index (χ4n) is 3.57. The molecule has 1 aliphatic heterocycles. The number of morpholine rings is 1. The zero-order valence-corrected chi connectivity index (χ0v) is 13.2. The van der Waals surface area contributed by atoms with Gasteiger partial charge in [-0.3, -0.25) is 0 Å². The molecule has 0 bridgehead atoms. The molecule has 0 radical (unpaired) electrons. The lowest BCUT2D eigenvalue weighted by atomic mass is 9.83. The third-order valence-electron chi connectivity index (χ3n) is 4.81. The van der Waals surface area contributed by atoms with E-state index in [1.54, 1.807) is 0 Å². The van der Waals surface area contributed by atoms with Crippen molar-refractivity contribution in [2.75, 3.05) is 13.1 Å². The summed E-state index contributed by atoms with van der Waals surface area (Å²) in [5, 5.41) is 3.29. The van der Waals surface area contributed by atoms with E-state index in [1.165, 1.54) is 25.7 Å². The smallest absolute Gasteiger partial charge is 0.317 e. The van der Waals surface area contributed by atoms with Gasteiger partial charge < -0.3 is 15.0 Å². The van der Waals surface area contributed by atoms with Gasteiger partial charge >= 0.3 is 6.03 Å². The third kappa shape index (κ3) is 3.87. The lowest BCUT2D eigenvalue weighted by molar-refractivity contribution is -0.0650. The van der Waals surface area contributed by atoms with Crippen molar-refractivity contribution in [1.82, 2.24) is 10.2 Å². The van der Waals surface area contributed by atoms with E-state index in [-0.39, 0.29) is 18.2 Å². The van der Waals surface area contributed by atoms with Crippen LogP contribution in [0.25, 0.3) is 0 Å². The molecule has 116 valence electrons. The highest BCUT2D eigenvalue weighted by Gasteiger charge is 2.30. The van der Waals surface area contributed by atoms with Crippen molar-refractivity contribution >= 4 is 6.03 Å². The van der Waals surface area contributed by atoms with E-state index in [4.69, 9.17) is 4.74 Å². The average molecular weight is 282 g/mol. The Morgan fingerprint density at radius 1 is 1.20 bits per heavy atom. The molecule has 1 saturated carbocycles. The maximum Gasteiger partial charge on any atom is 0.317 e. The van der Waals surface area contributed by atoms with Crippen LogP contribution in [0, 0.1) is 5.92 Å². The summed E-state index contributed by atoms with van der Waals surface area (Å²) in [5.41, 5.74) is 0. The highest BCUT2D eigenvalue weighted by Crippen LogP contribution is 2.27. The summed E-state index contributed by atoms with van der Waals surface area (Å²) in [5.74, 6) is 0.660. The van der Waals surface area contributed by atoms with Crippen molar-refractivity contribution in [3.05, 3.63) is 0 Å². The Morgan fingerprint density at radius 2 is 1.95 bits per heavy atom. The number of carbonyl (C=O) groups excluding carboxylic acids is 1. The Hall–Kier alpha value is -0.770. The first-order valence-corrected chi connectivity index (χ1v) is 8.34.